The van der Waals surface area contributed by atoms with E-state index in [4.69, 9.17) is 5.26 Å². The first-order valence-electron chi connectivity index (χ1n) is 6.55. The predicted molar refractivity (Wildman–Crippen MR) is 72.1 cm³/mol. The fraction of sp³-hybridized carbons (Fsp3) is 0.571. The second-order valence-electron chi connectivity index (χ2n) is 4.96. The van der Waals surface area contributed by atoms with E-state index in [1.807, 2.05) is 18.2 Å². The summed E-state index contributed by atoms with van der Waals surface area (Å²) < 4.78 is 0. The third-order valence-electron chi connectivity index (χ3n) is 3.56. The van der Waals surface area contributed by atoms with Crippen LogP contribution in [-0.2, 0) is 0 Å². The van der Waals surface area contributed by atoms with Crippen LogP contribution in [0.1, 0.15) is 19.8 Å². The van der Waals surface area contributed by atoms with Gasteiger partial charge in [0.25, 0.3) is 0 Å². The van der Waals surface area contributed by atoms with Crippen molar-refractivity contribution in [3.8, 4) is 6.07 Å². The van der Waals surface area contributed by atoms with Crippen molar-refractivity contribution in [2.45, 2.75) is 25.8 Å². The lowest BCUT2D eigenvalue weighted by atomic mass is 10.1. The van der Waals surface area contributed by atoms with Gasteiger partial charge in [0.1, 0.15) is 5.82 Å². The fourth-order valence-electron chi connectivity index (χ4n) is 2.41. The summed E-state index contributed by atoms with van der Waals surface area (Å²) in [5, 5.41) is 12.1. The lowest BCUT2D eigenvalue weighted by Crippen LogP contribution is -2.31. The molecule has 2 rings (SSSR count). The highest BCUT2D eigenvalue weighted by molar-refractivity contribution is 5.33. The molecule has 0 spiro atoms. The van der Waals surface area contributed by atoms with Crippen LogP contribution in [0.4, 0.5) is 5.82 Å². The number of nitriles is 1. The monoisotopic (exact) mass is 244 g/mol. The molecule has 18 heavy (non-hydrogen) atoms. The average Bonchev–Trinajstić information content (AvgIpc) is 2.87. The molecule has 0 aliphatic carbocycles. The molecular formula is C14H20N4. The van der Waals surface area contributed by atoms with Gasteiger partial charge in [0.2, 0.25) is 0 Å². The number of likely N-dealkylation sites (tertiary alicyclic amines) is 1. The van der Waals surface area contributed by atoms with Crippen molar-refractivity contribution in [3.63, 3.8) is 0 Å². The first-order valence-corrected chi connectivity index (χ1v) is 6.55. The topological polar surface area (TPSA) is 52.0 Å². The van der Waals surface area contributed by atoms with Crippen LogP contribution < -0.4 is 5.32 Å². The van der Waals surface area contributed by atoms with Crippen LogP contribution in [-0.4, -0.2) is 35.6 Å². The first kappa shape index (κ1) is 12.8. The van der Waals surface area contributed by atoms with Gasteiger partial charge in [-0.2, -0.15) is 5.26 Å². The van der Waals surface area contributed by atoms with Gasteiger partial charge in [-0.25, -0.2) is 4.98 Å². The van der Waals surface area contributed by atoms with Crippen molar-refractivity contribution in [1.82, 2.24) is 9.88 Å². The molecule has 1 N–H and O–H groups in total. The minimum absolute atomic E-state index is 0.384. The quantitative estimate of drug-likeness (QED) is 0.862. The molecule has 0 radical (unpaired) electrons. The van der Waals surface area contributed by atoms with Crippen LogP contribution in [0.25, 0.3) is 0 Å². The standard InChI is InChI=1S/C14H20N4/c1-12(5-7-15)18-9-6-13(11-18)10-17-14-4-2-3-8-16-14/h2-4,8,12-13H,5-6,9-11H2,1H3,(H,16,17)/t12-,13-/m1/s1. The molecule has 2 heterocycles. The molecule has 4 heteroatoms. The van der Waals surface area contributed by atoms with Gasteiger partial charge in [0.05, 0.1) is 12.5 Å². The predicted octanol–water partition coefficient (Wildman–Crippen LogP) is 2.12. The lowest BCUT2D eigenvalue weighted by molar-refractivity contribution is 0.253. The minimum Gasteiger partial charge on any atom is -0.370 e. The third kappa shape index (κ3) is 3.44. The Morgan fingerprint density at radius 3 is 3.22 bits per heavy atom. The average molecular weight is 244 g/mol. The summed E-state index contributed by atoms with van der Waals surface area (Å²) >= 11 is 0. The maximum absolute atomic E-state index is 8.72. The summed E-state index contributed by atoms with van der Waals surface area (Å²) in [5.74, 6) is 1.61. The van der Waals surface area contributed by atoms with Crippen molar-refractivity contribution >= 4 is 5.82 Å². The number of hydrogen-bond donors (Lipinski definition) is 1. The van der Waals surface area contributed by atoms with Crippen molar-refractivity contribution in [3.05, 3.63) is 24.4 Å². The molecule has 96 valence electrons. The van der Waals surface area contributed by atoms with E-state index in [9.17, 15) is 0 Å². The van der Waals surface area contributed by atoms with Crippen molar-refractivity contribution in [2.24, 2.45) is 5.92 Å². The van der Waals surface area contributed by atoms with Gasteiger partial charge in [0, 0.05) is 25.3 Å². The van der Waals surface area contributed by atoms with Gasteiger partial charge in [-0.1, -0.05) is 6.07 Å². The number of rotatable bonds is 5. The van der Waals surface area contributed by atoms with Gasteiger partial charge >= 0.3 is 0 Å². The molecule has 4 nitrogen and oxygen atoms in total. The summed E-state index contributed by atoms with van der Waals surface area (Å²) in [6, 6.07) is 8.54. The molecule has 2 atom stereocenters. The smallest absolute Gasteiger partial charge is 0.125 e. The van der Waals surface area contributed by atoms with E-state index in [0.717, 1.165) is 25.5 Å². The summed E-state index contributed by atoms with van der Waals surface area (Å²) in [4.78, 5) is 6.67. The van der Waals surface area contributed by atoms with E-state index < -0.39 is 0 Å². The number of anilines is 1. The zero-order valence-corrected chi connectivity index (χ0v) is 10.8. The largest absolute Gasteiger partial charge is 0.370 e. The summed E-state index contributed by atoms with van der Waals surface area (Å²) in [7, 11) is 0. The second-order valence-corrected chi connectivity index (χ2v) is 4.96. The molecule has 1 fully saturated rings. The molecule has 0 bridgehead atoms. The maximum atomic E-state index is 8.72. The minimum atomic E-state index is 0.384. The molecule has 1 aromatic heterocycles. The van der Waals surface area contributed by atoms with Crippen molar-refractivity contribution in [2.75, 3.05) is 25.0 Å². The molecule has 1 aliphatic rings. The molecule has 0 aromatic carbocycles. The zero-order chi connectivity index (χ0) is 12.8. The Morgan fingerprint density at radius 1 is 1.61 bits per heavy atom. The van der Waals surface area contributed by atoms with Crippen LogP contribution in [0.15, 0.2) is 24.4 Å². The molecule has 1 saturated heterocycles. The van der Waals surface area contributed by atoms with Crippen molar-refractivity contribution in [1.29, 1.82) is 5.26 Å². The second kappa shape index (κ2) is 6.36. The van der Waals surface area contributed by atoms with Crippen molar-refractivity contribution < 1.29 is 0 Å². The third-order valence-corrected chi connectivity index (χ3v) is 3.56. The van der Waals surface area contributed by atoms with E-state index in [-0.39, 0.29) is 0 Å². The van der Waals surface area contributed by atoms with E-state index in [0.29, 0.717) is 18.4 Å². The number of nitrogens with zero attached hydrogens (tertiary/aromatic N) is 3. The number of nitrogens with one attached hydrogen (secondary N) is 1. The summed E-state index contributed by atoms with van der Waals surface area (Å²) in [6.45, 7) is 5.30. The molecule has 0 amide bonds. The first-order chi connectivity index (χ1) is 8.79. The van der Waals surface area contributed by atoms with Gasteiger partial charge in [0.15, 0.2) is 0 Å². The maximum Gasteiger partial charge on any atom is 0.125 e. The van der Waals surface area contributed by atoms with E-state index in [1.165, 1.54) is 6.42 Å². The summed E-state index contributed by atoms with van der Waals surface area (Å²) in [6.07, 6.45) is 3.63. The van der Waals surface area contributed by atoms with E-state index >= 15 is 0 Å². The highest BCUT2D eigenvalue weighted by Gasteiger charge is 2.25. The molecule has 0 saturated carbocycles. The number of aromatic nitrogens is 1. The Labute approximate surface area is 109 Å². The molecule has 1 aliphatic heterocycles. The van der Waals surface area contributed by atoms with Gasteiger partial charge in [-0.3, -0.25) is 4.90 Å². The zero-order valence-electron chi connectivity index (χ0n) is 10.8. The molecule has 0 unspecified atom stereocenters. The normalized spacial score (nSPS) is 21.4. The Morgan fingerprint density at radius 2 is 2.50 bits per heavy atom. The van der Waals surface area contributed by atoms with E-state index in [1.54, 1.807) is 6.20 Å². The number of hydrogen-bond acceptors (Lipinski definition) is 4. The number of pyridine rings is 1. The highest BCUT2D eigenvalue weighted by atomic mass is 15.2. The van der Waals surface area contributed by atoms with Crippen LogP contribution in [0.2, 0.25) is 0 Å². The van der Waals surface area contributed by atoms with Gasteiger partial charge in [-0.05, 0) is 37.9 Å². The lowest BCUT2D eigenvalue weighted by Gasteiger charge is -2.22. The van der Waals surface area contributed by atoms with Crippen LogP contribution in [0.5, 0.6) is 0 Å². The summed E-state index contributed by atoms with van der Waals surface area (Å²) in [5.41, 5.74) is 0. The SMILES string of the molecule is C[C@H](CC#N)N1CC[C@H](CNc2ccccn2)C1. The Balaban J connectivity index is 1.75. The van der Waals surface area contributed by atoms with E-state index in [2.05, 4.69) is 28.2 Å². The Bertz CT molecular complexity index is 398. The van der Waals surface area contributed by atoms with Crippen LogP contribution in [0, 0.1) is 17.2 Å². The van der Waals surface area contributed by atoms with Crippen LogP contribution in [0.3, 0.4) is 0 Å². The molecular weight excluding hydrogens is 224 g/mol. The van der Waals surface area contributed by atoms with Gasteiger partial charge in [-0.15, -0.1) is 0 Å². The highest BCUT2D eigenvalue weighted by Crippen LogP contribution is 2.20. The molecule has 1 aromatic rings. The fourth-order valence-corrected chi connectivity index (χ4v) is 2.41. The van der Waals surface area contributed by atoms with Crippen LogP contribution >= 0.6 is 0 Å². The Hall–Kier alpha value is -1.60. The Kier molecular flexibility index (Phi) is 4.54. The van der Waals surface area contributed by atoms with Gasteiger partial charge < -0.3 is 5.32 Å².